The van der Waals surface area contributed by atoms with Gasteiger partial charge in [-0.15, -0.1) is 0 Å². The summed E-state index contributed by atoms with van der Waals surface area (Å²) in [6.07, 6.45) is 4.48. The number of allylic oxidation sites excluding steroid dienone is 1. The van der Waals surface area contributed by atoms with Crippen LogP contribution in [0.3, 0.4) is 0 Å². The molecule has 0 bridgehead atoms. The molecule has 6 heteroatoms. The summed E-state index contributed by atoms with van der Waals surface area (Å²) in [6.45, 7) is 2.34. The summed E-state index contributed by atoms with van der Waals surface area (Å²) < 4.78 is 11.9. The van der Waals surface area contributed by atoms with E-state index in [1.807, 2.05) is 60.7 Å². The predicted octanol–water partition coefficient (Wildman–Crippen LogP) is 13.2. The number of furan rings is 1. The van der Waals surface area contributed by atoms with Crippen LogP contribution in [0.5, 0.6) is 0 Å². The molecule has 7 aromatic carbocycles. The fourth-order valence-corrected chi connectivity index (χ4v) is 9.35. The minimum absolute atomic E-state index is 0.0463. The lowest BCUT2D eigenvalue weighted by molar-refractivity contribution is 0.517. The zero-order valence-corrected chi connectivity index (χ0v) is 31.6. The number of hydrogen-bond donors (Lipinski definition) is 0. The van der Waals surface area contributed by atoms with Gasteiger partial charge in [-0.05, 0) is 42.5 Å². The van der Waals surface area contributed by atoms with E-state index >= 15 is 0 Å². The number of hydrogen-bond acceptors (Lipinski definition) is 4. The largest absolute Gasteiger partial charge is 0.456 e. The molecule has 0 spiro atoms. The van der Waals surface area contributed by atoms with E-state index < -0.39 is 0 Å². The first-order valence-electron chi connectivity index (χ1n) is 19.8. The van der Waals surface area contributed by atoms with Gasteiger partial charge in [0.1, 0.15) is 11.3 Å². The highest BCUT2D eigenvalue weighted by Gasteiger charge is 2.32. The molecule has 12 rings (SSSR count). The smallest absolute Gasteiger partial charge is 0.167 e. The van der Waals surface area contributed by atoms with Crippen LogP contribution < -0.4 is 0 Å². The molecule has 4 heterocycles. The third-order valence-corrected chi connectivity index (χ3v) is 11.9. The Morgan fingerprint density at radius 1 is 0.483 bits per heavy atom. The zero-order valence-electron chi connectivity index (χ0n) is 31.6. The Balaban J connectivity index is 1.15. The molecular formula is C52H35N5O. The van der Waals surface area contributed by atoms with E-state index in [4.69, 9.17) is 19.4 Å². The highest BCUT2D eigenvalue weighted by molar-refractivity contribution is 6.10. The Bertz CT molecular complexity index is 3260. The lowest BCUT2D eigenvalue weighted by atomic mass is 9.86. The lowest BCUT2D eigenvalue weighted by Gasteiger charge is -2.27. The monoisotopic (exact) mass is 745 g/mol. The molecule has 2 unspecified atom stereocenters. The van der Waals surface area contributed by atoms with Crippen molar-refractivity contribution in [2.75, 3.05) is 0 Å². The Labute approximate surface area is 334 Å². The number of aromatic nitrogens is 5. The first-order valence-corrected chi connectivity index (χ1v) is 19.8. The van der Waals surface area contributed by atoms with Gasteiger partial charge in [0.2, 0.25) is 0 Å². The van der Waals surface area contributed by atoms with Crippen LogP contribution in [0.15, 0.2) is 180 Å². The van der Waals surface area contributed by atoms with Crippen LogP contribution in [0.4, 0.5) is 0 Å². The number of nitrogens with zero attached hydrogens (tertiary/aromatic N) is 5. The second kappa shape index (κ2) is 12.7. The Morgan fingerprint density at radius 2 is 0.948 bits per heavy atom. The summed E-state index contributed by atoms with van der Waals surface area (Å²) >= 11 is 0. The topological polar surface area (TPSA) is 61.7 Å². The van der Waals surface area contributed by atoms with Gasteiger partial charge in [-0.1, -0.05) is 146 Å². The highest BCUT2D eigenvalue weighted by Crippen LogP contribution is 2.48. The van der Waals surface area contributed by atoms with E-state index in [9.17, 15) is 0 Å². The van der Waals surface area contributed by atoms with E-state index in [2.05, 4.69) is 137 Å². The van der Waals surface area contributed by atoms with Crippen molar-refractivity contribution in [3.8, 4) is 39.9 Å². The van der Waals surface area contributed by atoms with Gasteiger partial charge in [0, 0.05) is 66.3 Å². The zero-order chi connectivity index (χ0) is 38.3. The SMILES string of the molecule is CC1c2c(oc3c(-c4nc(-c5ccccc5)nc(-c5ccccc5)n4)cc(-n4c5ccccc5c5ccccc54)cc23)C=CC1n1c2ccccc2c2ccccc21. The molecule has 0 amide bonds. The standard InChI is InChI=1S/C52H35N5O/c1-32-42(57-45-26-14-10-22-38(45)39-23-11-15-27-46(39)57)28-29-47-48(32)40-30-35(56-43-24-12-8-20-36(43)37-21-9-13-25-44(37)56)31-41(49(40)58-47)52-54-50(33-16-4-2-5-17-33)53-51(55-52)34-18-6-3-7-19-34/h2-32,42H,1H3. The molecule has 0 aliphatic heterocycles. The Hall–Kier alpha value is -7.57. The van der Waals surface area contributed by atoms with Crippen molar-refractivity contribution in [3.05, 3.63) is 187 Å². The molecule has 2 atom stereocenters. The number of fused-ring (bicyclic) bond motifs is 9. The number of para-hydroxylation sites is 4. The lowest BCUT2D eigenvalue weighted by Crippen LogP contribution is -2.16. The van der Waals surface area contributed by atoms with Crippen molar-refractivity contribution in [2.45, 2.75) is 18.9 Å². The molecule has 274 valence electrons. The summed E-state index contributed by atoms with van der Waals surface area (Å²) in [5.41, 5.74) is 10.3. The molecule has 58 heavy (non-hydrogen) atoms. The average Bonchev–Trinajstić information content (AvgIpc) is 3.95. The minimum atomic E-state index is 0.0463. The van der Waals surface area contributed by atoms with E-state index in [1.54, 1.807) is 0 Å². The molecule has 6 nitrogen and oxygen atoms in total. The van der Waals surface area contributed by atoms with Gasteiger partial charge in [0.25, 0.3) is 0 Å². The Kier molecular flexibility index (Phi) is 7.17. The van der Waals surface area contributed by atoms with Gasteiger partial charge < -0.3 is 13.6 Å². The third-order valence-electron chi connectivity index (χ3n) is 11.9. The van der Waals surface area contributed by atoms with Gasteiger partial charge >= 0.3 is 0 Å². The maximum Gasteiger partial charge on any atom is 0.167 e. The van der Waals surface area contributed by atoms with Gasteiger partial charge in [-0.25, -0.2) is 15.0 Å². The molecule has 0 saturated carbocycles. The van der Waals surface area contributed by atoms with E-state index in [-0.39, 0.29) is 12.0 Å². The molecule has 0 saturated heterocycles. The van der Waals surface area contributed by atoms with Crippen molar-refractivity contribution in [1.29, 1.82) is 0 Å². The fraction of sp³-hybridized carbons (Fsp3) is 0.0577. The third kappa shape index (κ3) is 4.88. The maximum absolute atomic E-state index is 7.02. The quantitative estimate of drug-likeness (QED) is 0.176. The van der Waals surface area contributed by atoms with Crippen molar-refractivity contribution in [3.63, 3.8) is 0 Å². The van der Waals surface area contributed by atoms with E-state index in [0.717, 1.165) is 50.1 Å². The molecule has 0 N–H and O–H groups in total. The van der Waals surface area contributed by atoms with Gasteiger partial charge in [-0.2, -0.15) is 0 Å². The minimum Gasteiger partial charge on any atom is -0.456 e. The predicted molar refractivity (Wildman–Crippen MR) is 236 cm³/mol. The van der Waals surface area contributed by atoms with Gasteiger partial charge in [0.15, 0.2) is 17.5 Å². The normalized spacial score (nSPS) is 15.3. The molecular weight excluding hydrogens is 711 g/mol. The number of rotatable bonds is 5. The molecule has 4 aromatic heterocycles. The maximum atomic E-state index is 7.02. The van der Waals surface area contributed by atoms with Crippen LogP contribution in [-0.2, 0) is 0 Å². The molecule has 1 aliphatic rings. The van der Waals surface area contributed by atoms with Crippen LogP contribution in [-0.4, -0.2) is 24.1 Å². The fourth-order valence-electron chi connectivity index (χ4n) is 9.35. The van der Waals surface area contributed by atoms with Crippen LogP contribution in [0, 0.1) is 0 Å². The van der Waals surface area contributed by atoms with Crippen LogP contribution in [0.1, 0.15) is 30.2 Å². The van der Waals surface area contributed by atoms with Crippen LogP contribution >= 0.6 is 0 Å². The summed E-state index contributed by atoms with van der Waals surface area (Å²) in [5.74, 6) is 2.70. The highest BCUT2D eigenvalue weighted by atomic mass is 16.3. The first kappa shape index (κ1) is 32.7. The summed E-state index contributed by atoms with van der Waals surface area (Å²) in [5, 5.41) is 5.98. The average molecular weight is 746 g/mol. The second-order valence-electron chi connectivity index (χ2n) is 15.2. The summed E-state index contributed by atoms with van der Waals surface area (Å²) in [7, 11) is 0. The number of benzene rings is 7. The van der Waals surface area contributed by atoms with Crippen molar-refractivity contribution in [2.24, 2.45) is 0 Å². The van der Waals surface area contributed by atoms with Gasteiger partial charge in [0.05, 0.1) is 22.6 Å². The summed E-state index contributed by atoms with van der Waals surface area (Å²) in [4.78, 5) is 15.5. The van der Waals surface area contributed by atoms with Crippen molar-refractivity contribution >= 4 is 60.7 Å². The molecule has 1 aliphatic carbocycles. The van der Waals surface area contributed by atoms with Crippen molar-refractivity contribution in [1.82, 2.24) is 24.1 Å². The van der Waals surface area contributed by atoms with Crippen molar-refractivity contribution < 1.29 is 4.42 Å². The van der Waals surface area contributed by atoms with Crippen LogP contribution in [0.25, 0.3) is 101 Å². The van der Waals surface area contributed by atoms with E-state index in [0.29, 0.717) is 17.5 Å². The van der Waals surface area contributed by atoms with Crippen LogP contribution in [0.2, 0.25) is 0 Å². The first-order chi connectivity index (χ1) is 28.7. The van der Waals surface area contributed by atoms with Gasteiger partial charge in [-0.3, -0.25) is 0 Å². The summed E-state index contributed by atoms with van der Waals surface area (Å²) in [6, 6.07) is 59.6. The second-order valence-corrected chi connectivity index (χ2v) is 15.2. The van der Waals surface area contributed by atoms with E-state index in [1.165, 1.54) is 38.1 Å². The molecule has 0 radical (unpaired) electrons. The Morgan fingerprint density at radius 3 is 1.50 bits per heavy atom. The molecule has 0 fully saturated rings. The molecule has 11 aromatic rings.